The summed E-state index contributed by atoms with van der Waals surface area (Å²) in [7, 11) is 2.73. The zero-order valence-electron chi connectivity index (χ0n) is 17.2. The van der Waals surface area contributed by atoms with Gasteiger partial charge in [-0.25, -0.2) is 4.79 Å². The first-order chi connectivity index (χ1) is 15.0. The van der Waals surface area contributed by atoms with Gasteiger partial charge in [0.2, 0.25) is 0 Å². The van der Waals surface area contributed by atoms with Gasteiger partial charge >= 0.3 is 5.97 Å². The Morgan fingerprint density at radius 3 is 2.42 bits per heavy atom. The van der Waals surface area contributed by atoms with Crippen molar-refractivity contribution in [2.24, 2.45) is 0 Å². The lowest BCUT2D eigenvalue weighted by Crippen LogP contribution is -2.31. The van der Waals surface area contributed by atoms with Crippen molar-refractivity contribution >= 4 is 29.2 Å². The Labute approximate surface area is 179 Å². The molecular weight excluding hydrogens is 402 g/mol. The van der Waals surface area contributed by atoms with E-state index in [2.05, 4.69) is 10.6 Å². The van der Waals surface area contributed by atoms with E-state index in [0.717, 1.165) is 0 Å². The summed E-state index contributed by atoms with van der Waals surface area (Å²) in [4.78, 5) is 39.2. The van der Waals surface area contributed by atoms with Crippen LogP contribution in [-0.4, -0.2) is 61.7 Å². The summed E-state index contributed by atoms with van der Waals surface area (Å²) in [6.45, 7) is -0.171. The molecule has 0 fully saturated rings. The van der Waals surface area contributed by atoms with Crippen molar-refractivity contribution in [1.29, 1.82) is 0 Å². The normalized spacial score (nSPS) is 13.3. The zero-order valence-corrected chi connectivity index (χ0v) is 17.2. The average molecular weight is 425 g/mol. The van der Waals surface area contributed by atoms with Crippen LogP contribution in [0.4, 0.5) is 11.4 Å². The number of nitrogens with zero attached hydrogens (tertiary/aromatic N) is 1. The van der Waals surface area contributed by atoms with Crippen LogP contribution in [0.15, 0.2) is 59.8 Å². The van der Waals surface area contributed by atoms with Gasteiger partial charge in [0, 0.05) is 6.54 Å². The minimum atomic E-state index is -0.660. The molecule has 2 aromatic rings. The predicted octanol–water partition coefficient (Wildman–Crippen LogP) is 1.62. The molecule has 0 radical (unpaired) electrons. The SMILES string of the molecule is COC(=O)C1=C(Nc2ccccc2C(=O)Nc2ccccc2OC)C(=O)N(CCO)C1. The van der Waals surface area contributed by atoms with Gasteiger partial charge in [0.1, 0.15) is 11.4 Å². The Balaban J connectivity index is 1.91. The molecule has 31 heavy (non-hydrogen) atoms. The lowest BCUT2D eigenvalue weighted by atomic mass is 10.1. The summed E-state index contributed by atoms with van der Waals surface area (Å²) in [5.41, 5.74) is 1.23. The zero-order chi connectivity index (χ0) is 22.4. The fraction of sp³-hybridized carbons (Fsp3) is 0.227. The maximum atomic E-state index is 13.0. The van der Waals surface area contributed by atoms with Crippen molar-refractivity contribution in [3.05, 3.63) is 65.4 Å². The van der Waals surface area contributed by atoms with Crippen LogP contribution < -0.4 is 15.4 Å². The number of para-hydroxylation sites is 3. The molecule has 1 aliphatic heterocycles. The number of nitrogens with one attached hydrogen (secondary N) is 2. The summed E-state index contributed by atoms with van der Waals surface area (Å²) in [6.07, 6.45) is 0. The topological polar surface area (TPSA) is 117 Å². The Bertz CT molecular complexity index is 1030. The van der Waals surface area contributed by atoms with Gasteiger partial charge in [-0.05, 0) is 24.3 Å². The molecule has 1 aliphatic rings. The Hall–Kier alpha value is -3.85. The molecule has 3 N–H and O–H groups in total. The molecule has 2 aromatic carbocycles. The fourth-order valence-electron chi connectivity index (χ4n) is 3.21. The second-order valence-electron chi connectivity index (χ2n) is 6.62. The number of amides is 2. The number of esters is 1. The molecule has 0 saturated heterocycles. The van der Waals surface area contributed by atoms with Crippen LogP contribution in [0, 0.1) is 0 Å². The number of carbonyl (C=O) groups excluding carboxylic acids is 3. The van der Waals surface area contributed by atoms with Crippen LogP contribution in [0.1, 0.15) is 10.4 Å². The molecule has 9 nitrogen and oxygen atoms in total. The van der Waals surface area contributed by atoms with Crippen molar-refractivity contribution in [3.63, 3.8) is 0 Å². The number of hydrogen-bond donors (Lipinski definition) is 3. The summed E-state index contributed by atoms with van der Waals surface area (Å²) >= 11 is 0. The van der Waals surface area contributed by atoms with Gasteiger partial charge in [-0.1, -0.05) is 24.3 Å². The second-order valence-corrected chi connectivity index (χ2v) is 6.62. The Kier molecular flexibility index (Phi) is 6.88. The molecule has 162 valence electrons. The fourth-order valence-corrected chi connectivity index (χ4v) is 3.21. The van der Waals surface area contributed by atoms with E-state index in [4.69, 9.17) is 9.47 Å². The Morgan fingerprint density at radius 1 is 1.06 bits per heavy atom. The van der Waals surface area contributed by atoms with Crippen LogP contribution in [0.5, 0.6) is 5.75 Å². The summed E-state index contributed by atoms with van der Waals surface area (Å²) in [5.74, 6) is -1.05. The number of ether oxygens (including phenoxy) is 2. The quantitative estimate of drug-likeness (QED) is 0.550. The first-order valence-electron chi connectivity index (χ1n) is 9.52. The second kappa shape index (κ2) is 9.77. The van der Waals surface area contributed by atoms with Gasteiger partial charge in [-0.2, -0.15) is 0 Å². The summed E-state index contributed by atoms with van der Waals surface area (Å²) in [6, 6.07) is 13.6. The highest BCUT2D eigenvalue weighted by atomic mass is 16.5. The number of hydrogen-bond acceptors (Lipinski definition) is 7. The number of aliphatic hydroxyl groups is 1. The molecule has 0 saturated carbocycles. The van der Waals surface area contributed by atoms with E-state index in [9.17, 15) is 19.5 Å². The minimum Gasteiger partial charge on any atom is -0.495 e. The predicted molar refractivity (Wildman–Crippen MR) is 114 cm³/mol. The van der Waals surface area contributed by atoms with Gasteiger partial charge in [0.05, 0.1) is 49.9 Å². The third-order valence-electron chi connectivity index (χ3n) is 4.74. The minimum absolute atomic E-state index is 0.00395. The van der Waals surface area contributed by atoms with E-state index in [1.165, 1.54) is 19.1 Å². The highest BCUT2D eigenvalue weighted by molar-refractivity contribution is 6.12. The molecule has 0 spiro atoms. The molecule has 0 aliphatic carbocycles. The van der Waals surface area contributed by atoms with Crippen molar-refractivity contribution in [2.75, 3.05) is 44.5 Å². The van der Waals surface area contributed by atoms with Crippen LogP contribution >= 0.6 is 0 Å². The highest BCUT2D eigenvalue weighted by Crippen LogP contribution is 2.27. The molecule has 0 unspecified atom stereocenters. The van der Waals surface area contributed by atoms with Gasteiger partial charge in [-0.15, -0.1) is 0 Å². The van der Waals surface area contributed by atoms with Crippen molar-refractivity contribution in [1.82, 2.24) is 4.90 Å². The smallest absolute Gasteiger partial charge is 0.337 e. The molecule has 0 aromatic heterocycles. The third-order valence-corrected chi connectivity index (χ3v) is 4.74. The molecule has 2 amide bonds. The first kappa shape index (κ1) is 21.8. The summed E-state index contributed by atoms with van der Waals surface area (Å²) in [5, 5.41) is 14.9. The molecule has 0 atom stereocenters. The first-order valence-corrected chi connectivity index (χ1v) is 9.52. The van der Waals surface area contributed by atoms with E-state index < -0.39 is 17.8 Å². The van der Waals surface area contributed by atoms with Crippen molar-refractivity contribution in [2.45, 2.75) is 0 Å². The molecule has 0 bridgehead atoms. The monoisotopic (exact) mass is 425 g/mol. The highest BCUT2D eigenvalue weighted by Gasteiger charge is 2.35. The average Bonchev–Trinajstić information content (AvgIpc) is 3.09. The summed E-state index contributed by atoms with van der Waals surface area (Å²) < 4.78 is 10.0. The van der Waals surface area contributed by atoms with Crippen LogP contribution in [0.2, 0.25) is 0 Å². The maximum absolute atomic E-state index is 13.0. The van der Waals surface area contributed by atoms with E-state index in [1.807, 2.05) is 0 Å². The van der Waals surface area contributed by atoms with Crippen molar-refractivity contribution in [3.8, 4) is 5.75 Å². The molecule has 3 rings (SSSR count). The standard InChI is InChI=1S/C22H23N3O6/c1-30-18-10-6-5-9-17(18)24-20(27)14-7-3-4-8-16(14)23-19-15(22(29)31-2)13-25(11-12-26)21(19)28/h3-10,23,26H,11-13H2,1-2H3,(H,24,27). The maximum Gasteiger partial charge on any atom is 0.337 e. The van der Waals surface area contributed by atoms with Crippen LogP contribution in [0.25, 0.3) is 0 Å². The van der Waals surface area contributed by atoms with Gasteiger partial charge in [0.25, 0.3) is 11.8 Å². The van der Waals surface area contributed by atoms with E-state index in [0.29, 0.717) is 17.1 Å². The number of β-amino-alcohol motifs (C(OH)–C–C–N with tert-alkyl or cyclic N) is 1. The largest absolute Gasteiger partial charge is 0.495 e. The number of methoxy groups -OCH3 is 2. The number of carbonyl (C=O) groups is 3. The molecular formula is C22H23N3O6. The van der Waals surface area contributed by atoms with E-state index >= 15 is 0 Å². The van der Waals surface area contributed by atoms with Gasteiger partial charge in [0.15, 0.2) is 0 Å². The molecule has 1 heterocycles. The van der Waals surface area contributed by atoms with Gasteiger partial charge < -0.3 is 30.1 Å². The number of aliphatic hydroxyl groups excluding tert-OH is 1. The Morgan fingerprint density at radius 2 is 1.74 bits per heavy atom. The number of anilines is 2. The van der Waals surface area contributed by atoms with Crippen LogP contribution in [0.3, 0.4) is 0 Å². The van der Waals surface area contributed by atoms with Crippen molar-refractivity contribution < 1.29 is 29.0 Å². The third kappa shape index (κ3) is 4.67. The lowest BCUT2D eigenvalue weighted by molar-refractivity contribution is -0.136. The van der Waals surface area contributed by atoms with E-state index in [1.54, 1.807) is 48.5 Å². The number of rotatable bonds is 8. The van der Waals surface area contributed by atoms with Gasteiger partial charge in [-0.3, -0.25) is 9.59 Å². The number of benzene rings is 2. The lowest BCUT2D eigenvalue weighted by Gasteiger charge is -2.16. The molecule has 9 heteroatoms. The van der Waals surface area contributed by atoms with Crippen LogP contribution in [-0.2, 0) is 14.3 Å². The van der Waals surface area contributed by atoms with E-state index in [-0.39, 0.29) is 36.5 Å².